The second-order valence-corrected chi connectivity index (χ2v) is 8.03. The van der Waals surface area contributed by atoms with Crippen LogP contribution in [0.5, 0.6) is 11.5 Å². The summed E-state index contributed by atoms with van der Waals surface area (Å²) < 4.78 is 26.0. The fourth-order valence-electron chi connectivity index (χ4n) is 4.45. The van der Waals surface area contributed by atoms with E-state index in [4.69, 9.17) is 18.7 Å². The SMILES string of the molecule is COc1ccc(C2=C(c3ccccc3)c3cccc[n+]3[B@-]3(OC(=O)c4ccccc4O3)O2)cc1. The Hall–Kier alpha value is -4.52. The van der Waals surface area contributed by atoms with E-state index in [1.807, 2.05) is 85.1 Å². The summed E-state index contributed by atoms with van der Waals surface area (Å²) in [5.41, 5.74) is 3.78. The van der Waals surface area contributed by atoms with Crippen LogP contribution in [0, 0.1) is 0 Å². The normalized spacial score (nSPS) is 18.3. The highest BCUT2D eigenvalue weighted by atomic mass is 16.8. The lowest BCUT2D eigenvalue weighted by Crippen LogP contribution is -2.76. The highest BCUT2D eigenvalue weighted by molar-refractivity contribution is 6.57. The minimum atomic E-state index is -2.71. The summed E-state index contributed by atoms with van der Waals surface area (Å²) in [5.74, 6) is 1.19. The van der Waals surface area contributed by atoms with Crippen molar-refractivity contribution in [3.8, 4) is 11.5 Å². The molecule has 0 saturated heterocycles. The maximum atomic E-state index is 13.0. The number of rotatable bonds is 3. The van der Waals surface area contributed by atoms with Crippen molar-refractivity contribution >= 4 is 24.2 Å². The largest absolute Gasteiger partial charge is 0.880 e. The van der Waals surface area contributed by atoms with Gasteiger partial charge in [0.25, 0.3) is 0 Å². The van der Waals surface area contributed by atoms with Crippen LogP contribution in [-0.4, -0.2) is 20.0 Å². The van der Waals surface area contributed by atoms with Crippen LogP contribution in [0.3, 0.4) is 0 Å². The quantitative estimate of drug-likeness (QED) is 0.433. The van der Waals surface area contributed by atoms with Gasteiger partial charge in [-0.2, -0.15) is 0 Å². The average Bonchev–Trinajstić information content (AvgIpc) is 2.89. The summed E-state index contributed by atoms with van der Waals surface area (Å²) in [4.78, 5) is 13.0. The summed E-state index contributed by atoms with van der Waals surface area (Å²) in [5, 5.41) is 0. The fourth-order valence-corrected chi connectivity index (χ4v) is 4.45. The molecule has 34 heavy (non-hydrogen) atoms. The van der Waals surface area contributed by atoms with Crippen LogP contribution < -0.4 is 13.9 Å². The van der Waals surface area contributed by atoms with E-state index >= 15 is 0 Å². The Kier molecular flexibility index (Phi) is 4.62. The Labute approximate surface area is 196 Å². The second-order valence-electron chi connectivity index (χ2n) is 8.03. The first-order chi connectivity index (χ1) is 16.7. The molecule has 0 N–H and O–H groups in total. The van der Waals surface area contributed by atoms with E-state index in [-0.39, 0.29) is 0 Å². The topological polar surface area (TPSA) is 57.9 Å². The first kappa shape index (κ1) is 20.1. The van der Waals surface area contributed by atoms with Gasteiger partial charge in [-0.05, 0) is 48.0 Å². The van der Waals surface area contributed by atoms with Crippen molar-refractivity contribution in [3.05, 3.63) is 126 Å². The molecule has 0 aliphatic carbocycles. The molecule has 2 aliphatic rings. The molecule has 6 rings (SSSR count). The van der Waals surface area contributed by atoms with Gasteiger partial charge in [0.2, 0.25) is 0 Å². The summed E-state index contributed by atoms with van der Waals surface area (Å²) in [6.07, 6.45) is 1.81. The summed E-state index contributed by atoms with van der Waals surface area (Å²) in [7, 11) is 1.62. The molecule has 4 aromatic rings. The van der Waals surface area contributed by atoms with E-state index in [0.29, 0.717) is 17.1 Å². The number of methoxy groups -OCH3 is 1. The molecule has 166 valence electrons. The van der Waals surface area contributed by atoms with Crippen LogP contribution in [0.4, 0.5) is 0 Å². The summed E-state index contributed by atoms with van der Waals surface area (Å²) in [6.45, 7) is -2.71. The molecule has 0 bridgehead atoms. The lowest BCUT2D eigenvalue weighted by molar-refractivity contribution is -0.591. The van der Waals surface area contributed by atoms with Crippen LogP contribution in [0.2, 0.25) is 0 Å². The first-order valence-corrected chi connectivity index (χ1v) is 11.0. The number of carbonyl (C=O) groups is 1. The maximum absolute atomic E-state index is 13.0. The van der Waals surface area contributed by atoms with Gasteiger partial charge in [0.15, 0.2) is 5.69 Å². The molecule has 1 aromatic heterocycles. The van der Waals surface area contributed by atoms with E-state index in [1.54, 1.807) is 29.8 Å². The van der Waals surface area contributed by atoms with Crippen molar-refractivity contribution in [3.63, 3.8) is 0 Å². The molecule has 0 amide bonds. The Morgan fingerprint density at radius 3 is 2.26 bits per heavy atom. The van der Waals surface area contributed by atoms with Crippen molar-refractivity contribution in [1.29, 1.82) is 0 Å². The van der Waals surface area contributed by atoms with E-state index in [9.17, 15) is 4.79 Å². The average molecular weight is 449 g/mol. The maximum Gasteiger partial charge on any atom is 0.880 e. The number of ether oxygens (including phenoxy) is 1. The monoisotopic (exact) mass is 449 g/mol. The minimum Gasteiger partial charge on any atom is -0.582 e. The second kappa shape index (κ2) is 7.81. The van der Waals surface area contributed by atoms with E-state index in [0.717, 1.165) is 28.1 Å². The Morgan fingerprint density at radius 2 is 1.47 bits per heavy atom. The number of benzene rings is 3. The number of pyridine rings is 1. The highest BCUT2D eigenvalue weighted by Crippen LogP contribution is 2.40. The zero-order chi connectivity index (χ0) is 23.1. The number of hydrogen-bond donors (Lipinski definition) is 0. The standard InChI is InChI=1S/C27H20BNO5/c1-31-21-16-14-20(15-17-21)26-25(19-9-3-2-4-10-19)23-12-7-8-18-29(23)28(33-26)32-24-13-6-5-11-22(24)27(30)34-28/h2-18H,1H3/t28-/m1/s1. The molecule has 6 nitrogen and oxygen atoms in total. The molecule has 3 heterocycles. The number of aromatic nitrogens is 1. The number of carbonyl (C=O) groups excluding carboxylic acids is 1. The molecule has 3 aromatic carbocycles. The van der Waals surface area contributed by atoms with Gasteiger partial charge in [0.05, 0.1) is 24.0 Å². The van der Waals surface area contributed by atoms with Crippen LogP contribution >= 0.6 is 0 Å². The van der Waals surface area contributed by atoms with E-state index in [1.165, 1.54) is 0 Å². The number of nitrogens with zero attached hydrogens (tertiary/aromatic N) is 1. The van der Waals surface area contributed by atoms with Crippen molar-refractivity contribution in [1.82, 2.24) is 0 Å². The molecule has 7 heteroatoms. The molecule has 0 radical (unpaired) electrons. The van der Waals surface area contributed by atoms with Crippen molar-refractivity contribution in [2.45, 2.75) is 0 Å². The third-order valence-electron chi connectivity index (χ3n) is 6.03. The van der Waals surface area contributed by atoms with Crippen LogP contribution in [0.1, 0.15) is 27.2 Å². The molecule has 1 atom stereocenters. The first-order valence-electron chi connectivity index (χ1n) is 11.0. The predicted molar refractivity (Wildman–Crippen MR) is 127 cm³/mol. The molecule has 0 unspecified atom stereocenters. The number of hydrogen-bond acceptors (Lipinski definition) is 5. The fraction of sp³-hybridized carbons (Fsp3) is 0.0370. The molecule has 0 saturated carbocycles. The smallest absolute Gasteiger partial charge is 0.582 e. The minimum absolute atomic E-state index is 0.362. The zero-order valence-corrected chi connectivity index (χ0v) is 18.4. The van der Waals surface area contributed by atoms with Gasteiger partial charge >= 0.3 is 12.9 Å². The van der Waals surface area contributed by atoms with Gasteiger partial charge in [0, 0.05) is 11.6 Å². The van der Waals surface area contributed by atoms with Gasteiger partial charge in [-0.25, -0.2) is 0 Å². The Morgan fingerprint density at radius 1 is 0.735 bits per heavy atom. The highest BCUT2D eigenvalue weighted by Gasteiger charge is 2.60. The molecule has 0 fully saturated rings. The van der Waals surface area contributed by atoms with Gasteiger partial charge in [0.1, 0.15) is 17.7 Å². The van der Waals surface area contributed by atoms with Crippen molar-refractivity contribution in [2.75, 3.05) is 7.11 Å². The molecular weight excluding hydrogens is 429 g/mol. The van der Waals surface area contributed by atoms with Crippen LogP contribution in [0.25, 0.3) is 11.3 Å². The third-order valence-corrected chi connectivity index (χ3v) is 6.03. The lowest BCUT2D eigenvalue weighted by Gasteiger charge is -2.42. The van der Waals surface area contributed by atoms with E-state index < -0.39 is 12.9 Å². The molecular formula is C27H20BNO5. The van der Waals surface area contributed by atoms with Gasteiger partial charge in [-0.1, -0.05) is 48.5 Å². The van der Waals surface area contributed by atoms with Crippen LogP contribution in [-0.2, 0) is 9.31 Å². The van der Waals surface area contributed by atoms with Gasteiger partial charge in [-0.15, -0.1) is 0 Å². The van der Waals surface area contributed by atoms with Gasteiger partial charge < -0.3 is 18.7 Å². The van der Waals surface area contributed by atoms with E-state index in [2.05, 4.69) is 0 Å². The molecule has 2 aliphatic heterocycles. The number of para-hydroxylation sites is 1. The van der Waals surface area contributed by atoms with Crippen molar-refractivity contribution in [2.24, 2.45) is 0 Å². The molecule has 1 spiro atoms. The zero-order valence-electron chi connectivity index (χ0n) is 18.4. The third kappa shape index (κ3) is 3.13. The lowest BCUT2D eigenvalue weighted by atomic mass is 9.84. The predicted octanol–water partition coefficient (Wildman–Crippen LogP) is 4.46. The summed E-state index contributed by atoms with van der Waals surface area (Å²) >= 11 is 0. The Bertz CT molecular complexity index is 1440. The summed E-state index contributed by atoms with van der Waals surface area (Å²) in [6, 6.07) is 30.3. The van der Waals surface area contributed by atoms with Crippen LogP contribution in [0.15, 0.2) is 103 Å². The van der Waals surface area contributed by atoms with Crippen molar-refractivity contribution < 1.29 is 28.0 Å². The Balaban J connectivity index is 1.61. The van der Waals surface area contributed by atoms with Gasteiger partial charge in [-0.3, -0.25) is 9.27 Å². The number of fused-ring (bicyclic) bond motifs is 3.